The lowest BCUT2D eigenvalue weighted by atomic mass is 10.0. The highest BCUT2D eigenvalue weighted by Gasteiger charge is 2.14. The van der Waals surface area contributed by atoms with E-state index in [-0.39, 0.29) is 5.91 Å². The van der Waals surface area contributed by atoms with Gasteiger partial charge in [0, 0.05) is 18.7 Å². The van der Waals surface area contributed by atoms with Crippen molar-refractivity contribution < 1.29 is 4.79 Å². The number of rotatable bonds is 8. The van der Waals surface area contributed by atoms with E-state index >= 15 is 0 Å². The third-order valence-electron chi connectivity index (χ3n) is 5.23. The molecule has 3 N–H and O–H groups in total. The highest BCUT2D eigenvalue weighted by atomic mass is 35.5. The van der Waals surface area contributed by atoms with E-state index in [2.05, 4.69) is 28.9 Å². The number of carbonyl (C=O) groups excluding carboxylic acids is 1. The Morgan fingerprint density at radius 2 is 1.86 bits per heavy atom. The molecule has 4 nitrogen and oxygen atoms in total. The second-order valence-corrected chi connectivity index (χ2v) is 7.73. The number of anilines is 1. The number of halogens is 1. The smallest absolute Gasteiger partial charge is 0.251 e. The molecular formula is C23H30ClN3O. The summed E-state index contributed by atoms with van der Waals surface area (Å²) in [6.07, 6.45) is 5.34. The number of hydrogen-bond acceptors (Lipinski definition) is 3. The molecule has 0 saturated heterocycles. The van der Waals surface area contributed by atoms with Gasteiger partial charge in [-0.3, -0.25) is 4.79 Å². The minimum absolute atomic E-state index is 0.000430. The van der Waals surface area contributed by atoms with Gasteiger partial charge in [0.15, 0.2) is 0 Å². The minimum Gasteiger partial charge on any atom is -0.380 e. The fourth-order valence-corrected chi connectivity index (χ4v) is 3.82. The molecule has 1 aliphatic heterocycles. The van der Waals surface area contributed by atoms with Gasteiger partial charge in [-0.05, 0) is 67.2 Å². The summed E-state index contributed by atoms with van der Waals surface area (Å²) in [4.78, 5) is 12.2. The maximum absolute atomic E-state index is 12.2. The molecule has 0 aliphatic carbocycles. The molecule has 0 radical (unpaired) electrons. The number of fused-ring (bicyclic) bond motifs is 1. The van der Waals surface area contributed by atoms with E-state index in [1.54, 1.807) is 0 Å². The van der Waals surface area contributed by atoms with Crippen LogP contribution in [0.15, 0.2) is 36.4 Å². The highest BCUT2D eigenvalue weighted by molar-refractivity contribution is 6.33. The lowest BCUT2D eigenvalue weighted by Crippen LogP contribution is -2.24. The van der Waals surface area contributed by atoms with E-state index in [0.29, 0.717) is 12.1 Å². The van der Waals surface area contributed by atoms with E-state index in [0.717, 1.165) is 68.0 Å². The van der Waals surface area contributed by atoms with E-state index in [1.807, 2.05) is 30.3 Å². The van der Waals surface area contributed by atoms with Gasteiger partial charge in [0.2, 0.25) is 0 Å². The van der Waals surface area contributed by atoms with Gasteiger partial charge >= 0.3 is 0 Å². The van der Waals surface area contributed by atoms with Gasteiger partial charge in [-0.15, -0.1) is 0 Å². The Morgan fingerprint density at radius 3 is 2.64 bits per heavy atom. The van der Waals surface area contributed by atoms with Gasteiger partial charge in [-0.2, -0.15) is 0 Å². The maximum Gasteiger partial charge on any atom is 0.251 e. The summed E-state index contributed by atoms with van der Waals surface area (Å²) in [6.45, 7) is 5.57. The van der Waals surface area contributed by atoms with Crippen LogP contribution in [0.1, 0.15) is 53.2 Å². The van der Waals surface area contributed by atoms with Gasteiger partial charge < -0.3 is 16.0 Å². The fraction of sp³-hybridized carbons (Fsp3) is 0.435. The third-order valence-corrected chi connectivity index (χ3v) is 5.55. The van der Waals surface area contributed by atoms with Crippen LogP contribution in [0, 0.1) is 0 Å². The second-order valence-electron chi connectivity index (χ2n) is 7.32. The molecule has 150 valence electrons. The summed E-state index contributed by atoms with van der Waals surface area (Å²) < 4.78 is 0. The van der Waals surface area contributed by atoms with Crippen molar-refractivity contribution in [1.29, 1.82) is 0 Å². The molecule has 0 fully saturated rings. The first-order valence-corrected chi connectivity index (χ1v) is 10.7. The second kappa shape index (κ2) is 10.5. The average molecular weight is 400 g/mol. The molecule has 1 heterocycles. The number of benzene rings is 2. The summed E-state index contributed by atoms with van der Waals surface area (Å²) in [5, 5.41) is 10.7. The summed E-state index contributed by atoms with van der Waals surface area (Å²) in [5.41, 5.74) is 5.56. The Hall–Kier alpha value is -2.04. The van der Waals surface area contributed by atoms with Gasteiger partial charge in [0.1, 0.15) is 0 Å². The SMILES string of the molecule is CCCCCNC(=O)c1ccc(CNc2c(Cl)ccc3c2CCNCC3)cc1. The van der Waals surface area contributed by atoms with Crippen molar-refractivity contribution in [1.82, 2.24) is 10.6 Å². The molecule has 0 aromatic heterocycles. The van der Waals surface area contributed by atoms with E-state index < -0.39 is 0 Å². The Balaban J connectivity index is 1.60. The average Bonchev–Trinajstić information content (AvgIpc) is 2.96. The van der Waals surface area contributed by atoms with E-state index in [1.165, 1.54) is 11.1 Å². The lowest BCUT2D eigenvalue weighted by molar-refractivity contribution is 0.0953. The molecule has 0 bridgehead atoms. The Kier molecular flexibility index (Phi) is 7.75. The molecule has 3 rings (SSSR count). The quantitative estimate of drug-likeness (QED) is 0.570. The van der Waals surface area contributed by atoms with Crippen LogP contribution < -0.4 is 16.0 Å². The fourth-order valence-electron chi connectivity index (χ4n) is 3.58. The van der Waals surface area contributed by atoms with Crippen molar-refractivity contribution in [2.24, 2.45) is 0 Å². The summed E-state index contributed by atoms with van der Waals surface area (Å²) in [7, 11) is 0. The molecular weight excluding hydrogens is 370 g/mol. The van der Waals surface area contributed by atoms with Crippen molar-refractivity contribution in [3.63, 3.8) is 0 Å². The van der Waals surface area contributed by atoms with Crippen LogP contribution in [-0.2, 0) is 19.4 Å². The third kappa shape index (κ3) is 5.49. The van der Waals surface area contributed by atoms with Gasteiger partial charge in [0.05, 0.1) is 10.7 Å². The number of amides is 1. The van der Waals surface area contributed by atoms with Crippen molar-refractivity contribution in [2.75, 3.05) is 25.0 Å². The van der Waals surface area contributed by atoms with Crippen LogP contribution in [0.5, 0.6) is 0 Å². The number of unbranched alkanes of at least 4 members (excludes halogenated alkanes) is 2. The van der Waals surface area contributed by atoms with Crippen LogP contribution in [0.3, 0.4) is 0 Å². The van der Waals surface area contributed by atoms with Gasteiger partial charge in [-0.25, -0.2) is 0 Å². The zero-order chi connectivity index (χ0) is 19.8. The van der Waals surface area contributed by atoms with Crippen LogP contribution >= 0.6 is 11.6 Å². The normalized spacial score (nSPS) is 13.5. The zero-order valence-electron chi connectivity index (χ0n) is 16.6. The van der Waals surface area contributed by atoms with Gasteiger partial charge in [-0.1, -0.05) is 49.6 Å². The van der Waals surface area contributed by atoms with Crippen LogP contribution in [0.2, 0.25) is 5.02 Å². The number of carbonyl (C=O) groups is 1. The van der Waals surface area contributed by atoms with E-state index in [9.17, 15) is 4.79 Å². The summed E-state index contributed by atoms with van der Waals surface area (Å²) in [6, 6.07) is 11.9. The standard InChI is InChI=1S/C23H30ClN3O/c1-2-3-4-13-26-23(28)19-7-5-17(6-8-19)16-27-22-20-12-15-25-14-11-18(20)9-10-21(22)24/h5-10,25,27H,2-4,11-16H2,1H3,(H,26,28). The molecule has 2 aromatic rings. The summed E-state index contributed by atoms with van der Waals surface area (Å²) in [5.74, 6) is -0.000430. The van der Waals surface area contributed by atoms with Gasteiger partial charge in [0.25, 0.3) is 5.91 Å². The largest absolute Gasteiger partial charge is 0.380 e. The van der Waals surface area contributed by atoms with Crippen LogP contribution in [0.25, 0.3) is 0 Å². The van der Waals surface area contributed by atoms with Crippen molar-refractivity contribution in [3.8, 4) is 0 Å². The van der Waals surface area contributed by atoms with Crippen molar-refractivity contribution in [3.05, 3.63) is 63.7 Å². The van der Waals surface area contributed by atoms with Crippen LogP contribution in [-0.4, -0.2) is 25.5 Å². The molecule has 0 unspecified atom stereocenters. The first-order chi connectivity index (χ1) is 13.7. The maximum atomic E-state index is 12.2. The zero-order valence-corrected chi connectivity index (χ0v) is 17.4. The first kappa shape index (κ1) is 20.7. The summed E-state index contributed by atoms with van der Waals surface area (Å²) >= 11 is 6.48. The molecule has 1 aliphatic rings. The van der Waals surface area contributed by atoms with Crippen LogP contribution in [0.4, 0.5) is 5.69 Å². The first-order valence-electron chi connectivity index (χ1n) is 10.3. The predicted octanol–water partition coefficient (Wildman–Crippen LogP) is 4.56. The molecule has 1 amide bonds. The molecule has 5 heteroatoms. The number of nitrogens with one attached hydrogen (secondary N) is 3. The molecule has 0 atom stereocenters. The lowest BCUT2D eigenvalue weighted by Gasteiger charge is -2.16. The highest BCUT2D eigenvalue weighted by Crippen LogP contribution is 2.31. The van der Waals surface area contributed by atoms with E-state index in [4.69, 9.17) is 11.6 Å². The molecule has 0 saturated carbocycles. The van der Waals surface area contributed by atoms with Crippen molar-refractivity contribution in [2.45, 2.75) is 45.6 Å². The minimum atomic E-state index is -0.000430. The predicted molar refractivity (Wildman–Crippen MR) is 117 cm³/mol. The monoisotopic (exact) mass is 399 g/mol. The Bertz CT molecular complexity index is 789. The Morgan fingerprint density at radius 1 is 1.07 bits per heavy atom. The topological polar surface area (TPSA) is 53.2 Å². The molecule has 28 heavy (non-hydrogen) atoms. The number of hydrogen-bond donors (Lipinski definition) is 3. The molecule has 0 spiro atoms. The van der Waals surface area contributed by atoms with Crippen molar-refractivity contribution >= 4 is 23.2 Å². The Labute approximate surface area is 173 Å². The molecule has 2 aromatic carbocycles.